The Bertz CT molecular complexity index is 237. The van der Waals surface area contributed by atoms with E-state index in [-0.39, 0.29) is 13.2 Å². The zero-order chi connectivity index (χ0) is 10.6. The maximum atomic E-state index is 13.0. The van der Waals surface area contributed by atoms with Gasteiger partial charge in [0.1, 0.15) is 0 Å². The summed E-state index contributed by atoms with van der Waals surface area (Å²) in [6, 6.07) is 0. The van der Waals surface area contributed by atoms with Crippen LogP contribution in [-0.2, 0) is 14.3 Å². The minimum absolute atomic E-state index is 0.134. The summed E-state index contributed by atoms with van der Waals surface area (Å²) in [4.78, 5) is 21.6. The lowest BCUT2D eigenvalue weighted by Gasteiger charge is -2.29. The van der Waals surface area contributed by atoms with Gasteiger partial charge in [0.15, 0.2) is 6.30 Å². The molecule has 1 aliphatic rings. The van der Waals surface area contributed by atoms with Gasteiger partial charge in [-0.2, -0.15) is 5.01 Å². The quantitative estimate of drug-likeness (QED) is 0.146. The lowest BCUT2D eigenvalue weighted by Crippen LogP contribution is -2.56. The Balaban J connectivity index is 2.42. The second-order valence-corrected chi connectivity index (χ2v) is 2.62. The summed E-state index contributed by atoms with van der Waals surface area (Å²) in [5.74, 6) is 2.69. The number of carbonyl (C=O) groups excluding carboxylic acids is 2. The van der Waals surface area contributed by atoms with Crippen LogP contribution in [0.15, 0.2) is 0 Å². The minimum Gasteiger partial charge on any atom is -0.376 e. The third-order valence-electron chi connectivity index (χ3n) is 1.65. The van der Waals surface area contributed by atoms with E-state index in [2.05, 4.69) is 5.43 Å². The Morgan fingerprint density at radius 2 is 2.21 bits per heavy atom. The number of halogens is 1. The molecule has 0 spiro atoms. The van der Waals surface area contributed by atoms with Gasteiger partial charge >= 0.3 is 11.8 Å². The van der Waals surface area contributed by atoms with E-state index in [4.69, 9.17) is 10.6 Å². The van der Waals surface area contributed by atoms with Crippen molar-refractivity contribution >= 4 is 11.8 Å². The van der Waals surface area contributed by atoms with Gasteiger partial charge < -0.3 is 4.74 Å². The number of hydrazine groups is 2. The van der Waals surface area contributed by atoms with E-state index in [9.17, 15) is 14.0 Å². The molecule has 0 aliphatic carbocycles. The molecule has 1 unspecified atom stereocenters. The minimum atomic E-state index is -1.45. The van der Waals surface area contributed by atoms with Crippen LogP contribution in [0.2, 0.25) is 0 Å². The molecule has 0 aromatic carbocycles. The molecule has 1 fully saturated rings. The summed E-state index contributed by atoms with van der Waals surface area (Å²) in [5, 5.41) is 0.987. The molecule has 0 radical (unpaired) electrons. The molecular weight excluding hydrogens is 195 g/mol. The first-order valence-corrected chi connectivity index (χ1v) is 3.95. The molecule has 0 aromatic rings. The van der Waals surface area contributed by atoms with Crippen LogP contribution < -0.4 is 16.7 Å². The van der Waals surface area contributed by atoms with Crippen molar-refractivity contribution in [3.63, 3.8) is 0 Å². The summed E-state index contributed by atoms with van der Waals surface area (Å²) in [7, 11) is 0. The van der Waals surface area contributed by atoms with E-state index in [1.807, 2.05) is 0 Å². The van der Waals surface area contributed by atoms with Crippen LogP contribution in [0.1, 0.15) is 0 Å². The number of nitrogens with one attached hydrogen (secondary N) is 2. The zero-order valence-electron chi connectivity index (χ0n) is 7.33. The van der Waals surface area contributed by atoms with Crippen molar-refractivity contribution in [2.75, 3.05) is 19.8 Å². The molecule has 1 heterocycles. The SMILES string of the molecule is NNC(=O)C(=O)NN1CCOCC1F. The standard InChI is InChI=1S/C6H11FN4O3/c7-4-3-14-2-1-11(4)10-6(13)5(12)9-8/h4H,1-3,8H2,(H,9,12)(H,10,13). The molecular formula is C6H11FN4O3. The Morgan fingerprint density at radius 3 is 2.79 bits per heavy atom. The summed E-state index contributed by atoms with van der Waals surface area (Å²) < 4.78 is 17.8. The molecule has 1 saturated heterocycles. The van der Waals surface area contributed by atoms with Crippen LogP contribution in [0.3, 0.4) is 0 Å². The average Bonchev–Trinajstić information content (AvgIpc) is 2.20. The normalized spacial score (nSPS) is 22.9. The van der Waals surface area contributed by atoms with Crippen molar-refractivity contribution in [2.24, 2.45) is 5.84 Å². The number of ether oxygens (including phenoxy) is 1. The van der Waals surface area contributed by atoms with Gasteiger partial charge in [-0.15, -0.1) is 0 Å². The highest BCUT2D eigenvalue weighted by atomic mass is 19.1. The van der Waals surface area contributed by atoms with E-state index < -0.39 is 18.1 Å². The smallest absolute Gasteiger partial charge is 0.325 e. The summed E-state index contributed by atoms with van der Waals surface area (Å²) in [6.45, 7) is 0.347. The molecule has 14 heavy (non-hydrogen) atoms. The van der Waals surface area contributed by atoms with Crippen LogP contribution in [0, 0.1) is 0 Å². The number of rotatable bonds is 1. The van der Waals surface area contributed by atoms with Crippen molar-refractivity contribution in [3.8, 4) is 0 Å². The van der Waals surface area contributed by atoms with Crippen LogP contribution in [0.25, 0.3) is 0 Å². The summed E-state index contributed by atoms with van der Waals surface area (Å²) in [6.07, 6.45) is -1.45. The van der Waals surface area contributed by atoms with Gasteiger partial charge in [-0.05, 0) is 0 Å². The van der Waals surface area contributed by atoms with E-state index in [0.717, 1.165) is 5.01 Å². The fourth-order valence-electron chi connectivity index (χ4n) is 0.946. The zero-order valence-corrected chi connectivity index (χ0v) is 7.33. The van der Waals surface area contributed by atoms with E-state index in [1.165, 1.54) is 0 Å². The molecule has 4 N–H and O–H groups in total. The highest BCUT2D eigenvalue weighted by Crippen LogP contribution is 2.03. The van der Waals surface area contributed by atoms with Crippen LogP contribution >= 0.6 is 0 Å². The predicted molar refractivity (Wildman–Crippen MR) is 42.9 cm³/mol. The number of hydrogen-bond acceptors (Lipinski definition) is 5. The maximum Gasteiger partial charge on any atom is 0.325 e. The molecule has 7 nitrogen and oxygen atoms in total. The van der Waals surface area contributed by atoms with Gasteiger partial charge in [-0.25, -0.2) is 10.2 Å². The van der Waals surface area contributed by atoms with Gasteiger partial charge in [-0.1, -0.05) is 0 Å². The highest BCUT2D eigenvalue weighted by Gasteiger charge is 2.25. The van der Waals surface area contributed by atoms with Gasteiger partial charge in [-0.3, -0.25) is 20.4 Å². The predicted octanol–water partition coefficient (Wildman–Crippen LogP) is -2.36. The van der Waals surface area contributed by atoms with Crippen molar-refractivity contribution < 1.29 is 18.7 Å². The highest BCUT2D eigenvalue weighted by molar-refractivity contribution is 6.34. The summed E-state index contributed by atoms with van der Waals surface area (Å²) in [5.41, 5.74) is 3.70. The Morgan fingerprint density at radius 1 is 1.50 bits per heavy atom. The molecule has 8 heteroatoms. The van der Waals surface area contributed by atoms with Gasteiger partial charge in [0.05, 0.1) is 13.2 Å². The number of alkyl halides is 1. The third kappa shape index (κ3) is 2.62. The molecule has 0 bridgehead atoms. The van der Waals surface area contributed by atoms with Gasteiger partial charge in [0.25, 0.3) is 0 Å². The first-order valence-electron chi connectivity index (χ1n) is 3.95. The number of hydrogen-bond donors (Lipinski definition) is 3. The number of nitrogens with two attached hydrogens (primary N) is 1. The fraction of sp³-hybridized carbons (Fsp3) is 0.667. The van der Waals surface area contributed by atoms with Crippen LogP contribution in [-0.4, -0.2) is 42.9 Å². The molecule has 2 amide bonds. The molecule has 1 aliphatic heterocycles. The van der Waals surface area contributed by atoms with E-state index >= 15 is 0 Å². The fourth-order valence-corrected chi connectivity index (χ4v) is 0.946. The van der Waals surface area contributed by atoms with Crippen molar-refractivity contribution in [2.45, 2.75) is 6.30 Å². The first-order chi connectivity index (χ1) is 6.65. The van der Waals surface area contributed by atoms with Crippen LogP contribution in [0.5, 0.6) is 0 Å². The maximum absolute atomic E-state index is 13.0. The van der Waals surface area contributed by atoms with Gasteiger partial charge in [0.2, 0.25) is 0 Å². The van der Waals surface area contributed by atoms with Crippen LogP contribution in [0.4, 0.5) is 4.39 Å². The van der Waals surface area contributed by atoms with Crippen molar-refractivity contribution in [1.82, 2.24) is 15.9 Å². The molecule has 0 saturated carbocycles. The van der Waals surface area contributed by atoms with E-state index in [1.54, 1.807) is 5.43 Å². The number of carbonyl (C=O) groups is 2. The molecule has 1 atom stereocenters. The number of morpholine rings is 1. The number of nitrogens with zero attached hydrogens (tertiary/aromatic N) is 1. The molecule has 80 valence electrons. The van der Waals surface area contributed by atoms with E-state index in [0.29, 0.717) is 6.61 Å². The first kappa shape index (κ1) is 10.8. The number of amides is 2. The Labute approximate surface area is 79.3 Å². The third-order valence-corrected chi connectivity index (χ3v) is 1.65. The Kier molecular flexibility index (Phi) is 3.74. The summed E-state index contributed by atoms with van der Waals surface area (Å²) >= 11 is 0. The van der Waals surface area contributed by atoms with Crippen molar-refractivity contribution in [1.29, 1.82) is 0 Å². The largest absolute Gasteiger partial charge is 0.376 e. The average molecular weight is 206 g/mol. The topological polar surface area (TPSA) is 96.7 Å². The second-order valence-electron chi connectivity index (χ2n) is 2.62. The molecule has 0 aromatic heterocycles. The Hall–Kier alpha value is -1.25. The lowest BCUT2D eigenvalue weighted by molar-refractivity contribution is -0.149. The van der Waals surface area contributed by atoms with Gasteiger partial charge in [0, 0.05) is 6.54 Å². The molecule has 1 rings (SSSR count). The van der Waals surface area contributed by atoms with Crippen molar-refractivity contribution in [3.05, 3.63) is 0 Å². The lowest BCUT2D eigenvalue weighted by atomic mass is 10.5. The monoisotopic (exact) mass is 206 g/mol. The second kappa shape index (κ2) is 4.84.